The Bertz CT molecular complexity index is 716. The highest BCUT2D eigenvalue weighted by Crippen LogP contribution is 2.30. The Morgan fingerprint density at radius 1 is 1.27 bits per heavy atom. The third-order valence-corrected chi connectivity index (χ3v) is 3.75. The quantitative estimate of drug-likeness (QED) is 0.894. The maximum atomic E-state index is 14.4. The molecule has 1 aliphatic rings. The minimum Gasteiger partial charge on any atom is -0.444 e. The van der Waals surface area contributed by atoms with E-state index in [2.05, 4.69) is 5.32 Å². The van der Waals surface area contributed by atoms with Crippen molar-refractivity contribution in [2.75, 3.05) is 36.4 Å². The van der Waals surface area contributed by atoms with Gasteiger partial charge in [-0.15, -0.1) is 0 Å². The first-order valence-corrected chi connectivity index (χ1v) is 8.39. The molecule has 1 saturated heterocycles. The van der Waals surface area contributed by atoms with E-state index in [0.29, 0.717) is 31.9 Å². The van der Waals surface area contributed by atoms with Crippen molar-refractivity contribution in [3.05, 3.63) is 24.0 Å². The number of nitrogens with zero attached hydrogens (tertiary/aromatic N) is 3. The topological polar surface area (TPSA) is 85.7 Å². The molecule has 2 rings (SSSR count). The second kappa shape index (κ2) is 8.04. The van der Waals surface area contributed by atoms with Gasteiger partial charge in [0.2, 0.25) is 5.91 Å². The van der Waals surface area contributed by atoms with Crippen LogP contribution in [-0.4, -0.2) is 48.7 Å². The Hall–Kier alpha value is -2.82. The molecular weight excluding hydrogens is 339 g/mol. The van der Waals surface area contributed by atoms with Crippen molar-refractivity contribution in [1.29, 1.82) is 5.26 Å². The van der Waals surface area contributed by atoms with Crippen molar-refractivity contribution >= 4 is 23.4 Å². The van der Waals surface area contributed by atoms with E-state index in [1.165, 1.54) is 12.1 Å². The van der Waals surface area contributed by atoms with E-state index in [1.54, 1.807) is 42.7 Å². The number of piperazine rings is 1. The van der Waals surface area contributed by atoms with Gasteiger partial charge in [0.15, 0.2) is 0 Å². The lowest BCUT2D eigenvalue weighted by atomic mass is 10.2. The van der Waals surface area contributed by atoms with Crippen molar-refractivity contribution in [1.82, 2.24) is 4.90 Å². The average molecular weight is 362 g/mol. The third kappa shape index (κ3) is 5.09. The molecule has 1 aromatic carbocycles. The molecule has 8 heteroatoms. The molecule has 26 heavy (non-hydrogen) atoms. The fourth-order valence-electron chi connectivity index (χ4n) is 2.64. The molecule has 0 aromatic heterocycles. The van der Waals surface area contributed by atoms with E-state index in [9.17, 15) is 14.0 Å². The molecule has 1 aliphatic heterocycles. The smallest absolute Gasteiger partial charge is 0.410 e. The second-order valence-electron chi connectivity index (χ2n) is 6.97. The zero-order chi connectivity index (χ0) is 19.3. The lowest BCUT2D eigenvalue weighted by Gasteiger charge is -2.37. The summed E-state index contributed by atoms with van der Waals surface area (Å²) in [6.45, 7) is 6.98. The Balaban J connectivity index is 2.08. The number of anilines is 2. The number of carbonyl (C=O) groups is 2. The largest absolute Gasteiger partial charge is 0.444 e. The first-order valence-electron chi connectivity index (χ1n) is 8.39. The molecule has 1 aromatic rings. The van der Waals surface area contributed by atoms with Gasteiger partial charge in [0.25, 0.3) is 0 Å². The molecule has 0 spiro atoms. The minimum absolute atomic E-state index is 0.266. The number of nitrogens with one attached hydrogen (secondary N) is 1. The fourth-order valence-corrected chi connectivity index (χ4v) is 2.64. The van der Waals surface area contributed by atoms with Gasteiger partial charge in [-0.3, -0.25) is 4.79 Å². The molecule has 140 valence electrons. The van der Waals surface area contributed by atoms with Crippen molar-refractivity contribution in [3.63, 3.8) is 0 Å². The van der Waals surface area contributed by atoms with E-state index >= 15 is 0 Å². The van der Waals surface area contributed by atoms with Gasteiger partial charge in [-0.1, -0.05) is 6.07 Å². The van der Waals surface area contributed by atoms with Crippen LogP contribution in [0.1, 0.15) is 27.2 Å². The minimum atomic E-state index is -0.571. The van der Waals surface area contributed by atoms with Crippen molar-refractivity contribution in [2.45, 2.75) is 32.8 Å². The summed E-state index contributed by atoms with van der Waals surface area (Å²) in [6.07, 6.45) is -0.698. The second-order valence-corrected chi connectivity index (χ2v) is 6.97. The zero-order valence-electron chi connectivity index (χ0n) is 15.2. The molecule has 0 bridgehead atoms. The van der Waals surface area contributed by atoms with Crippen LogP contribution in [-0.2, 0) is 9.53 Å². The summed E-state index contributed by atoms with van der Waals surface area (Å²) >= 11 is 0. The average Bonchev–Trinajstić information content (AvgIpc) is 2.54. The highest BCUT2D eigenvalue weighted by molar-refractivity contribution is 5.95. The number of halogens is 1. The fraction of sp³-hybridized carbons (Fsp3) is 0.500. The van der Waals surface area contributed by atoms with Crippen LogP contribution >= 0.6 is 0 Å². The van der Waals surface area contributed by atoms with Gasteiger partial charge in [-0.05, 0) is 32.9 Å². The molecule has 0 unspecified atom stereocenters. The highest BCUT2D eigenvalue weighted by atomic mass is 19.1. The Kier molecular flexibility index (Phi) is 6.03. The van der Waals surface area contributed by atoms with Gasteiger partial charge < -0.3 is 19.9 Å². The van der Waals surface area contributed by atoms with Crippen molar-refractivity contribution in [2.24, 2.45) is 0 Å². The molecular formula is C18H23FN4O3. The van der Waals surface area contributed by atoms with Crippen LogP contribution in [0.25, 0.3) is 0 Å². The van der Waals surface area contributed by atoms with E-state index in [0.717, 1.165) is 0 Å². The normalized spacial score (nSPS) is 14.6. The number of amides is 2. The van der Waals surface area contributed by atoms with Gasteiger partial charge in [0.05, 0.1) is 17.4 Å². The summed E-state index contributed by atoms with van der Waals surface area (Å²) in [5, 5.41) is 11.2. The molecule has 1 N–H and O–H groups in total. The number of benzene rings is 1. The summed E-state index contributed by atoms with van der Waals surface area (Å²) in [7, 11) is 0. The zero-order valence-corrected chi connectivity index (χ0v) is 15.2. The maximum absolute atomic E-state index is 14.4. The first kappa shape index (κ1) is 19.5. The molecule has 0 aliphatic carbocycles. The Morgan fingerprint density at radius 3 is 2.50 bits per heavy atom. The van der Waals surface area contributed by atoms with E-state index in [-0.39, 0.29) is 12.1 Å². The molecule has 1 heterocycles. The predicted molar refractivity (Wildman–Crippen MR) is 95.3 cm³/mol. The van der Waals surface area contributed by atoms with E-state index in [1.807, 2.05) is 0 Å². The molecule has 7 nitrogen and oxygen atoms in total. The summed E-state index contributed by atoms with van der Waals surface area (Å²) in [5.74, 6) is -0.961. The monoisotopic (exact) mass is 362 g/mol. The summed E-state index contributed by atoms with van der Waals surface area (Å²) in [6, 6.07) is 6.16. The SMILES string of the molecule is CC(C)(C)OC(=O)N1CCN(c2c(F)cccc2NC(=O)CC#N)CC1. The predicted octanol–water partition coefficient (Wildman–Crippen LogP) is 2.73. The van der Waals surface area contributed by atoms with Gasteiger partial charge >= 0.3 is 6.09 Å². The molecule has 1 fully saturated rings. The van der Waals surface area contributed by atoms with Gasteiger partial charge in [0.1, 0.15) is 17.8 Å². The molecule has 0 radical (unpaired) electrons. The van der Waals surface area contributed by atoms with Crippen molar-refractivity contribution in [3.8, 4) is 6.07 Å². The molecule has 0 atom stereocenters. The van der Waals surface area contributed by atoms with E-state index in [4.69, 9.17) is 10.00 Å². The van der Waals surface area contributed by atoms with Crippen LogP contribution in [0.4, 0.5) is 20.6 Å². The van der Waals surface area contributed by atoms with Crippen LogP contribution in [0.5, 0.6) is 0 Å². The number of carbonyl (C=O) groups excluding carboxylic acids is 2. The lowest BCUT2D eigenvalue weighted by Crippen LogP contribution is -2.50. The number of nitriles is 1. The Morgan fingerprint density at radius 2 is 1.92 bits per heavy atom. The maximum Gasteiger partial charge on any atom is 0.410 e. The number of rotatable bonds is 3. The van der Waals surface area contributed by atoms with Crippen LogP contribution in [0.15, 0.2) is 18.2 Å². The first-order chi connectivity index (χ1) is 12.2. The molecule has 0 saturated carbocycles. The van der Waals surface area contributed by atoms with Crippen LogP contribution in [0.2, 0.25) is 0 Å². The van der Waals surface area contributed by atoms with Crippen molar-refractivity contribution < 1.29 is 18.7 Å². The summed E-state index contributed by atoms with van der Waals surface area (Å²) in [4.78, 5) is 27.2. The molecule has 2 amide bonds. The number of para-hydroxylation sites is 1. The Labute approximate surface area is 152 Å². The standard InChI is InChI=1S/C18H23FN4O3/c1-18(2,3)26-17(25)23-11-9-22(10-12-23)16-13(19)5-4-6-14(16)21-15(24)7-8-20/h4-6H,7,9-12H2,1-3H3,(H,21,24). The van der Waals surface area contributed by atoms with E-state index < -0.39 is 23.4 Å². The highest BCUT2D eigenvalue weighted by Gasteiger charge is 2.28. The number of ether oxygens (including phenoxy) is 1. The summed E-state index contributed by atoms with van der Waals surface area (Å²) in [5.41, 5.74) is 0.0106. The van der Waals surface area contributed by atoms with Gasteiger partial charge in [0, 0.05) is 26.2 Å². The lowest BCUT2D eigenvalue weighted by molar-refractivity contribution is -0.115. The number of hydrogen-bond acceptors (Lipinski definition) is 5. The number of hydrogen-bond donors (Lipinski definition) is 1. The van der Waals surface area contributed by atoms with Crippen LogP contribution < -0.4 is 10.2 Å². The van der Waals surface area contributed by atoms with Gasteiger partial charge in [-0.2, -0.15) is 5.26 Å². The summed E-state index contributed by atoms with van der Waals surface area (Å²) < 4.78 is 19.7. The van der Waals surface area contributed by atoms with Crippen LogP contribution in [0.3, 0.4) is 0 Å². The van der Waals surface area contributed by atoms with Gasteiger partial charge in [-0.25, -0.2) is 9.18 Å². The third-order valence-electron chi connectivity index (χ3n) is 3.75. The van der Waals surface area contributed by atoms with Crippen LogP contribution in [0, 0.1) is 17.1 Å².